The maximum atomic E-state index is 13.2. The summed E-state index contributed by atoms with van der Waals surface area (Å²) in [5.74, 6) is -2.10. The van der Waals surface area contributed by atoms with Gasteiger partial charge in [0.15, 0.2) is 11.8 Å². The quantitative estimate of drug-likeness (QED) is 0.523. The van der Waals surface area contributed by atoms with Crippen molar-refractivity contribution in [2.24, 2.45) is 11.1 Å². The Bertz CT molecular complexity index is 917. The third kappa shape index (κ3) is 6.41. The lowest BCUT2D eigenvalue weighted by Crippen LogP contribution is -2.59. The lowest BCUT2D eigenvalue weighted by Gasteiger charge is -2.43. The summed E-state index contributed by atoms with van der Waals surface area (Å²) in [7, 11) is 0. The summed E-state index contributed by atoms with van der Waals surface area (Å²) < 4.78 is 35.9. The number of rotatable bonds is 9. The van der Waals surface area contributed by atoms with Gasteiger partial charge in [-0.05, 0) is 30.4 Å². The van der Waals surface area contributed by atoms with Crippen LogP contribution in [-0.4, -0.2) is 67.6 Å². The average molecular weight is 483 g/mol. The molecule has 11 heteroatoms. The van der Waals surface area contributed by atoms with E-state index in [-0.39, 0.29) is 48.3 Å². The Kier molecular flexibility index (Phi) is 8.09. The number of halogens is 2. The zero-order valence-corrected chi connectivity index (χ0v) is 19.7. The minimum Gasteiger partial charge on any atom is -0.433 e. The van der Waals surface area contributed by atoms with Crippen molar-refractivity contribution < 1.29 is 32.6 Å². The van der Waals surface area contributed by atoms with E-state index in [4.69, 9.17) is 10.5 Å². The van der Waals surface area contributed by atoms with Crippen LogP contribution in [0.3, 0.4) is 0 Å². The first-order valence-electron chi connectivity index (χ1n) is 11.3. The number of nitrogens with zero attached hydrogens (tertiary/aromatic N) is 2. The lowest BCUT2D eigenvalue weighted by molar-refractivity contribution is -0.135. The average Bonchev–Trinajstić information content (AvgIpc) is 2.65. The Hall–Kier alpha value is -2.79. The highest BCUT2D eigenvalue weighted by atomic mass is 19.3. The Morgan fingerprint density at radius 1 is 1.32 bits per heavy atom. The topological polar surface area (TPSA) is 114 Å². The summed E-state index contributed by atoms with van der Waals surface area (Å²) >= 11 is 0. The first-order chi connectivity index (χ1) is 16.0. The summed E-state index contributed by atoms with van der Waals surface area (Å²) in [6.45, 7) is 3.63. The highest BCUT2D eigenvalue weighted by Crippen LogP contribution is 2.34. The predicted octanol–water partition coefficient (Wildman–Crippen LogP) is 2.34. The molecule has 0 bridgehead atoms. The Labute approximate surface area is 197 Å². The summed E-state index contributed by atoms with van der Waals surface area (Å²) in [6, 6.07) is 2.93. The number of primary amides is 1. The molecule has 3 N–H and O–H groups in total. The Balaban J connectivity index is 1.86. The molecule has 1 aromatic rings. The summed E-state index contributed by atoms with van der Waals surface area (Å²) in [6.07, 6.45) is 2.73. The number of hydrogen-bond donors (Lipinski definition) is 2. The number of carbonyl (C=O) groups is 3. The fourth-order valence-corrected chi connectivity index (χ4v) is 4.13. The Morgan fingerprint density at radius 2 is 2.03 bits per heavy atom. The van der Waals surface area contributed by atoms with Gasteiger partial charge < -0.3 is 25.4 Å². The van der Waals surface area contributed by atoms with Crippen LogP contribution in [-0.2, 0) is 19.1 Å². The van der Waals surface area contributed by atoms with Crippen molar-refractivity contribution in [1.82, 2.24) is 4.90 Å². The normalized spacial score (nSPS) is 18.1. The van der Waals surface area contributed by atoms with Crippen LogP contribution in [0.2, 0.25) is 0 Å². The van der Waals surface area contributed by atoms with Crippen molar-refractivity contribution >= 4 is 29.1 Å². The second-order valence-electron chi connectivity index (χ2n) is 9.77. The fraction of sp³-hybridized carbons (Fsp3) is 0.609. The Morgan fingerprint density at radius 3 is 2.56 bits per heavy atom. The van der Waals surface area contributed by atoms with E-state index >= 15 is 0 Å². The molecule has 1 aliphatic heterocycles. The van der Waals surface area contributed by atoms with Gasteiger partial charge in [0.2, 0.25) is 5.91 Å². The van der Waals surface area contributed by atoms with Gasteiger partial charge in [-0.2, -0.15) is 8.78 Å². The zero-order valence-electron chi connectivity index (χ0n) is 19.7. The van der Waals surface area contributed by atoms with Gasteiger partial charge in [0.05, 0.1) is 12.3 Å². The molecule has 34 heavy (non-hydrogen) atoms. The third-order valence-electron chi connectivity index (χ3n) is 5.77. The summed E-state index contributed by atoms with van der Waals surface area (Å²) in [5, 5.41) is 2.61. The molecular weight excluding hydrogens is 450 g/mol. The minimum atomic E-state index is -3.14. The van der Waals surface area contributed by atoms with Crippen molar-refractivity contribution in [2.45, 2.75) is 58.7 Å². The molecule has 1 aliphatic carbocycles. The number of ether oxygens (including phenoxy) is 2. The summed E-state index contributed by atoms with van der Waals surface area (Å²) in [4.78, 5) is 40.8. The van der Waals surface area contributed by atoms with E-state index in [2.05, 4.69) is 10.1 Å². The van der Waals surface area contributed by atoms with Crippen LogP contribution >= 0.6 is 0 Å². The van der Waals surface area contributed by atoms with Crippen LogP contribution in [0.4, 0.5) is 20.2 Å². The van der Waals surface area contributed by atoms with Gasteiger partial charge in [-0.3, -0.25) is 19.3 Å². The summed E-state index contributed by atoms with van der Waals surface area (Å²) in [5.41, 5.74) is 5.73. The lowest BCUT2D eigenvalue weighted by atomic mass is 9.86. The van der Waals surface area contributed by atoms with Crippen molar-refractivity contribution in [1.29, 1.82) is 0 Å². The van der Waals surface area contributed by atoms with Crippen LogP contribution in [0.1, 0.15) is 40.0 Å². The van der Waals surface area contributed by atoms with Gasteiger partial charge >= 0.3 is 6.61 Å². The number of benzene rings is 1. The van der Waals surface area contributed by atoms with E-state index in [9.17, 15) is 23.2 Å². The van der Waals surface area contributed by atoms with Crippen LogP contribution in [0.25, 0.3) is 0 Å². The third-order valence-corrected chi connectivity index (χ3v) is 5.77. The van der Waals surface area contributed by atoms with Crippen LogP contribution in [0.5, 0.6) is 5.75 Å². The molecule has 0 unspecified atom stereocenters. The molecule has 1 heterocycles. The number of anilines is 2. The van der Waals surface area contributed by atoms with E-state index in [0.717, 1.165) is 19.3 Å². The number of alkyl halides is 2. The first kappa shape index (κ1) is 25.8. The molecule has 3 rings (SSSR count). The fourth-order valence-electron chi connectivity index (χ4n) is 4.13. The van der Waals surface area contributed by atoms with Gasteiger partial charge in [-0.1, -0.05) is 27.2 Å². The van der Waals surface area contributed by atoms with Gasteiger partial charge in [-0.15, -0.1) is 0 Å². The van der Waals surface area contributed by atoms with Gasteiger partial charge in [0.1, 0.15) is 6.61 Å². The van der Waals surface area contributed by atoms with E-state index in [0.29, 0.717) is 6.54 Å². The maximum Gasteiger partial charge on any atom is 0.387 e. The number of nitrogens with two attached hydrogens (primary N) is 1. The predicted molar refractivity (Wildman–Crippen MR) is 122 cm³/mol. The van der Waals surface area contributed by atoms with Gasteiger partial charge in [-0.25, -0.2) is 0 Å². The zero-order chi connectivity index (χ0) is 25.0. The first-order valence-corrected chi connectivity index (χ1v) is 11.3. The number of amides is 3. The van der Waals surface area contributed by atoms with Gasteiger partial charge in [0.25, 0.3) is 11.8 Å². The van der Waals surface area contributed by atoms with Crippen molar-refractivity contribution in [3.63, 3.8) is 0 Å². The monoisotopic (exact) mass is 482 g/mol. The highest BCUT2D eigenvalue weighted by molar-refractivity contribution is 6.10. The molecule has 1 aromatic carbocycles. The van der Waals surface area contributed by atoms with E-state index in [1.807, 2.05) is 25.7 Å². The van der Waals surface area contributed by atoms with Crippen LogP contribution in [0, 0.1) is 5.41 Å². The smallest absolute Gasteiger partial charge is 0.387 e. The molecule has 2 aliphatic rings. The number of carbonyl (C=O) groups excluding carboxylic acids is 3. The SMILES string of the molecule is CC(C)(C)CN(C1CCC1)[C@@H](C(N)=O)C(=O)Nc1ccc(N2CCOCC2=O)c(OC(F)F)c1. The minimum absolute atomic E-state index is 0.0647. The maximum absolute atomic E-state index is 13.2. The largest absolute Gasteiger partial charge is 0.433 e. The molecule has 9 nitrogen and oxygen atoms in total. The van der Waals surface area contributed by atoms with Crippen LogP contribution in [0.15, 0.2) is 18.2 Å². The van der Waals surface area contributed by atoms with Crippen LogP contribution < -0.4 is 20.7 Å². The highest BCUT2D eigenvalue weighted by Gasteiger charge is 2.40. The second-order valence-corrected chi connectivity index (χ2v) is 9.77. The van der Waals surface area contributed by atoms with Crippen molar-refractivity contribution in [2.75, 3.05) is 36.5 Å². The molecular formula is C23H32F2N4O5. The second kappa shape index (κ2) is 10.6. The number of hydrogen-bond acceptors (Lipinski definition) is 6. The molecule has 188 valence electrons. The number of nitrogens with one attached hydrogen (secondary N) is 1. The van der Waals surface area contributed by atoms with Crippen molar-refractivity contribution in [3.05, 3.63) is 18.2 Å². The molecule has 0 aromatic heterocycles. The van der Waals surface area contributed by atoms with E-state index < -0.39 is 30.4 Å². The molecule has 1 saturated heterocycles. The molecule has 1 atom stereocenters. The number of morpholine rings is 1. The van der Waals surface area contributed by atoms with Gasteiger partial charge in [0, 0.05) is 30.9 Å². The molecule has 0 spiro atoms. The van der Waals surface area contributed by atoms with E-state index in [1.165, 1.54) is 23.1 Å². The molecule has 1 saturated carbocycles. The molecule has 2 fully saturated rings. The van der Waals surface area contributed by atoms with E-state index in [1.54, 1.807) is 0 Å². The van der Waals surface area contributed by atoms with Crippen molar-refractivity contribution in [3.8, 4) is 5.75 Å². The molecule has 3 amide bonds. The standard InChI is InChI=1S/C23H32F2N4O5/c1-23(2,3)13-29(15-5-4-6-15)19(20(26)31)21(32)27-14-7-8-16(17(11-14)34-22(24)25)28-9-10-33-12-18(28)30/h7-8,11,15,19,22H,4-6,9-10,12-13H2,1-3H3,(H2,26,31)(H,27,32)/t19-/m0/s1. The molecule has 0 radical (unpaired) electrons.